The van der Waals surface area contributed by atoms with Crippen LogP contribution in [0.1, 0.15) is 43.9 Å². The number of halogens is 1. The molecule has 29 heavy (non-hydrogen) atoms. The largest absolute Gasteiger partial charge is 0.491 e. The van der Waals surface area contributed by atoms with Crippen LogP contribution in [0.4, 0.5) is 9.18 Å². The van der Waals surface area contributed by atoms with Crippen molar-refractivity contribution in [2.75, 3.05) is 19.8 Å². The van der Waals surface area contributed by atoms with Crippen molar-refractivity contribution in [2.45, 2.75) is 45.4 Å². The average Bonchev–Trinajstić information content (AvgIpc) is 3.26. The molecule has 1 N–H and O–H groups in total. The standard InChI is InChI=1S/C23H29FN2O3/c1-3-26(17(2)19-9-11-20(24)12-10-19)23(27)25-15-18-6-4-7-21(14-18)29-16-22-8-5-13-28-22/h4,6-7,9-12,14,17,22H,3,5,8,13,15-16H2,1-2H3,(H,25,27)/t17-,22+/m0/s1. The first-order valence-electron chi connectivity index (χ1n) is 10.2. The van der Waals surface area contributed by atoms with Crippen LogP contribution in [-0.2, 0) is 11.3 Å². The normalized spacial score (nSPS) is 17.0. The molecule has 2 amide bonds. The van der Waals surface area contributed by atoms with E-state index in [1.54, 1.807) is 17.0 Å². The Balaban J connectivity index is 1.54. The summed E-state index contributed by atoms with van der Waals surface area (Å²) in [5.41, 5.74) is 1.86. The van der Waals surface area contributed by atoms with Crippen LogP contribution in [0.15, 0.2) is 48.5 Å². The highest BCUT2D eigenvalue weighted by atomic mass is 19.1. The van der Waals surface area contributed by atoms with Crippen LogP contribution < -0.4 is 10.1 Å². The van der Waals surface area contributed by atoms with Crippen molar-refractivity contribution in [1.82, 2.24) is 10.2 Å². The Bertz CT molecular complexity index is 791. The minimum atomic E-state index is -0.282. The molecule has 0 bridgehead atoms. The molecular formula is C23H29FN2O3. The van der Waals surface area contributed by atoms with Gasteiger partial charge in [-0.05, 0) is 62.1 Å². The maximum absolute atomic E-state index is 13.2. The summed E-state index contributed by atoms with van der Waals surface area (Å²) in [4.78, 5) is 14.4. The lowest BCUT2D eigenvalue weighted by Gasteiger charge is -2.28. The predicted molar refractivity (Wildman–Crippen MR) is 110 cm³/mol. The second kappa shape index (κ2) is 10.3. The van der Waals surface area contributed by atoms with E-state index < -0.39 is 0 Å². The van der Waals surface area contributed by atoms with Gasteiger partial charge in [-0.3, -0.25) is 0 Å². The van der Waals surface area contributed by atoms with Gasteiger partial charge in [0.25, 0.3) is 0 Å². The van der Waals surface area contributed by atoms with Crippen LogP contribution in [0.2, 0.25) is 0 Å². The lowest BCUT2D eigenvalue weighted by Crippen LogP contribution is -2.41. The van der Waals surface area contributed by atoms with Gasteiger partial charge in [0.05, 0.1) is 12.1 Å². The first-order chi connectivity index (χ1) is 14.1. The number of carbonyl (C=O) groups excluding carboxylic acids is 1. The van der Waals surface area contributed by atoms with Crippen LogP contribution in [0, 0.1) is 5.82 Å². The monoisotopic (exact) mass is 400 g/mol. The Hall–Kier alpha value is -2.60. The van der Waals surface area contributed by atoms with E-state index >= 15 is 0 Å². The third kappa shape index (κ3) is 5.94. The zero-order chi connectivity index (χ0) is 20.6. The molecule has 1 fully saturated rings. The summed E-state index contributed by atoms with van der Waals surface area (Å²) < 4.78 is 24.6. The molecule has 2 aromatic rings. The summed E-state index contributed by atoms with van der Waals surface area (Å²) in [6, 6.07) is 13.7. The summed E-state index contributed by atoms with van der Waals surface area (Å²) in [5, 5.41) is 2.97. The summed E-state index contributed by atoms with van der Waals surface area (Å²) >= 11 is 0. The fraction of sp³-hybridized carbons (Fsp3) is 0.435. The number of nitrogens with zero attached hydrogens (tertiary/aromatic N) is 1. The summed E-state index contributed by atoms with van der Waals surface area (Å²) in [6.45, 7) is 6.19. The summed E-state index contributed by atoms with van der Waals surface area (Å²) in [6.07, 6.45) is 2.29. The molecule has 1 aliphatic rings. The number of amides is 2. The Kier molecular flexibility index (Phi) is 7.47. The molecule has 0 saturated carbocycles. The average molecular weight is 400 g/mol. The van der Waals surface area contributed by atoms with Gasteiger partial charge >= 0.3 is 6.03 Å². The molecule has 1 aliphatic heterocycles. The fourth-order valence-electron chi connectivity index (χ4n) is 3.50. The SMILES string of the molecule is CCN(C(=O)NCc1cccc(OC[C@H]2CCCO2)c1)[C@@H](C)c1ccc(F)cc1. The van der Waals surface area contributed by atoms with Crippen LogP contribution in [-0.4, -0.2) is 36.8 Å². The van der Waals surface area contributed by atoms with Crippen LogP contribution in [0.25, 0.3) is 0 Å². The zero-order valence-electron chi connectivity index (χ0n) is 17.1. The van der Waals surface area contributed by atoms with Gasteiger partial charge in [0.15, 0.2) is 0 Å². The number of nitrogens with one attached hydrogen (secondary N) is 1. The zero-order valence-corrected chi connectivity index (χ0v) is 17.1. The van der Waals surface area contributed by atoms with Crippen molar-refractivity contribution in [3.8, 4) is 5.75 Å². The van der Waals surface area contributed by atoms with Crippen molar-refractivity contribution in [2.24, 2.45) is 0 Å². The minimum absolute atomic E-state index is 0.151. The number of rotatable bonds is 8. The quantitative estimate of drug-likeness (QED) is 0.700. The second-order valence-corrected chi connectivity index (χ2v) is 7.27. The molecule has 6 heteroatoms. The molecule has 2 atom stereocenters. The topological polar surface area (TPSA) is 50.8 Å². The highest BCUT2D eigenvalue weighted by Gasteiger charge is 2.20. The van der Waals surface area contributed by atoms with E-state index in [1.165, 1.54) is 12.1 Å². The van der Waals surface area contributed by atoms with Crippen molar-refractivity contribution in [3.05, 3.63) is 65.5 Å². The lowest BCUT2D eigenvalue weighted by molar-refractivity contribution is 0.0679. The molecule has 5 nitrogen and oxygen atoms in total. The first-order valence-corrected chi connectivity index (χ1v) is 10.2. The van der Waals surface area contributed by atoms with Gasteiger partial charge in [0.1, 0.15) is 18.2 Å². The highest BCUT2D eigenvalue weighted by molar-refractivity contribution is 5.74. The number of hydrogen-bond acceptors (Lipinski definition) is 3. The number of ether oxygens (including phenoxy) is 2. The molecule has 0 spiro atoms. The van der Waals surface area contributed by atoms with Crippen molar-refractivity contribution >= 4 is 6.03 Å². The van der Waals surface area contributed by atoms with Gasteiger partial charge < -0.3 is 19.7 Å². The number of benzene rings is 2. The van der Waals surface area contributed by atoms with Crippen LogP contribution in [0.3, 0.4) is 0 Å². The van der Waals surface area contributed by atoms with Gasteiger partial charge in [-0.2, -0.15) is 0 Å². The molecule has 0 aliphatic carbocycles. The molecule has 1 heterocycles. The molecule has 0 aromatic heterocycles. The predicted octanol–water partition coefficient (Wildman–Crippen LogP) is 4.68. The Morgan fingerprint density at radius 2 is 2.10 bits per heavy atom. The van der Waals surface area contributed by atoms with Crippen molar-refractivity contribution < 1.29 is 18.7 Å². The number of carbonyl (C=O) groups is 1. The van der Waals surface area contributed by atoms with E-state index in [0.29, 0.717) is 19.7 Å². The van der Waals surface area contributed by atoms with E-state index in [4.69, 9.17) is 9.47 Å². The molecule has 2 aromatic carbocycles. The second-order valence-electron chi connectivity index (χ2n) is 7.27. The first kappa shape index (κ1) is 21.1. The Morgan fingerprint density at radius 1 is 1.31 bits per heavy atom. The van der Waals surface area contributed by atoms with E-state index in [1.807, 2.05) is 38.1 Å². The third-order valence-electron chi connectivity index (χ3n) is 5.22. The van der Waals surface area contributed by atoms with E-state index in [-0.39, 0.29) is 24.0 Å². The van der Waals surface area contributed by atoms with E-state index in [9.17, 15) is 9.18 Å². The Morgan fingerprint density at radius 3 is 2.79 bits per heavy atom. The smallest absolute Gasteiger partial charge is 0.318 e. The van der Waals surface area contributed by atoms with Gasteiger partial charge in [-0.1, -0.05) is 24.3 Å². The maximum Gasteiger partial charge on any atom is 0.318 e. The van der Waals surface area contributed by atoms with Gasteiger partial charge in [0, 0.05) is 19.7 Å². The van der Waals surface area contributed by atoms with E-state index in [0.717, 1.165) is 36.3 Å². The Labute approximate surface area is 171 Å². The number of urea groups is 1. The molecule has 3 rings (SSSR count). The summed E-state index contributed by atoms with van der Waals surface area (Å²) in [5.74, 6) is 0.495. The van der Waals surface area contributed by atoms with Crippen LogP contribution in [0.5, 0.6) is 5.75 Å². The molecular weight excluding hydrogens is 371 g/mol. The number of hydrogen-bond donors (Lipinski definition) is 1. The highest BCUT2D eigenvalue weighted by Crippen LogP contribution is 2.21. The maximum atomic E-state index is 13.2. The molecule has 156 valence electrons. The minimum Gasteiger partial charge on any atom is -0.491 e. The summed E-state index contributed by atoms with van der Waals surface area (Å²) in [7, 11) is 0. The third-order valence-corrected chi connectivity index (χ3v) is 5.22. The van der Waals surface area contributed by atoms with Gasteiger partial charge in [-0.15, -0.1) is 0 Å². The fourth-order valence-corrected chi connectivity index (χ4v) is 3.50. The molecule has 0 unspecified atom stereocenters. The van der Waals surface area contributed by atoms with Crippen LogP contribution >= 0.6 is 0 Å². The lowest BCUT2D eigenvalue weighted by atomic mass is 10.1. The van der Waals surface area contributed by atoms with Crippen molar-refractivity contribution in [1.29, 1.82) is 0 Å². The van der Waals surface area contributed by atoms with Gasteiger partial charge in [-0.25, -0.2) is 9.18 Å². The van der Waals surface area contributed by atoms with E-state index in [2.05, 4.69) is 5.32 Å². The van der Waals surface area contributed by atoms with Crippen molar-refractivity contribution in [3.63, 3.8) is 0 Å². The van der Waals surface area contributed by atoms with Gasteiger partial charge in [0.2, 0.25) is 0 Å². The molecule has 1 saturated heterocycles. The molecule has 0 radical (unpaired) electrons.